The van der Waals surface area contributed by atoms with E-state index >= 15 is 0 Å². The number of anilines is 2. The van der Waals surface area contributed by atoms with Gasteiger partial charge in [-0.25, -0.2) is 9.97 Å². The number of hydrogen-bond donors (Lipinski definition) is 1. The van der Waals surface area contributed by atoms with Crippen LogP contribution in [0.5, 0.6) is 0 Å². The summed E-state index contributed by atoms with van der Waals surface area (Å²) in [6.07, 6.45) is 2.50. The fourth-order valence-corrected chi connectivity index (χ4v) is 2.73. The first kappa shape index (κ1) is 12.7. The van der Waals surface area contributed by atoms with E-state index in [1.54, 1.807) is 0 Å². The quantitative estimate of drug-likeness (QED) is 0.904. The van der Waals surface area contributed by atoms with Crippen LogP contribution in [0, 0.1) is 11.8 Å². The van der Waals surface area contributed by atoms with Crippen molar-refractivity contribution in [3.05, 3.63) is 11.9 Å². The van der Waals surface area contributed by atoms with Gasteiger partial charge in [0.25, 0.3) is 0 Å². The summed E-state index contributed by atoms with van der Waals surface area (Å²) in [5, 5.41) is 3.34. The lowest BCUT2D eigenvalue weighted by molar-refractivity contribution is 0.494. The SMILES string of the molecule is CCNc1cc(N2CC(C)C(C)C2)nc(C2CC2)n1. The molecule has 19 heavy (non-hydrogen) atoms. The maximum Gasteiger partial charge on any atom is 0.136 e. The van der Waals surface area contributed by atoms with Crippen LogP contribution < -0.4 is 10.2 Å². The summed E-state index contributed by atoms with van der Waals surface area (Å²) >= 11 is 0. The van der Waals surface area contributed by atoms with E-state index in [0.717, 1.165) is 48.9 Å². The van der Waals surface area contributed by atoms with Crippen molar-refractivity contribution in [2.24, 2.45) is 11.8 Å². The van der Waals surface area contributed by atoms with Crippen molar-refractivity contribution in [1.29, 1.82) is 0 Å². The average Bonchev–Trinajstić information content (AvgIpc) is 3.17. The monoisotopic (exact) mass is 260 g/mol. The van der Waals surface area contributed by atoms with Crippen LogP contribution >= 0.6 is 0 Å². The van der Waals surface area contributed by atoms with E-state index in [1.165, 1.54) is 12.8 Å². The Morgan fingerprint density at radius 1 is 1.21 bits per heavy atom. The van der Waals surface area contributed by atoms with Gasteiger partial charge in [0.1, 0.15) is 17.5 Å². The highest BCUT2D eigenvalue weighted by Gasteiger charge is 2.30. The lowest BCUT2D eigenvalue weighted by Crippen LogP contribution is -2.22. The molecule has 1 aliphatic carbocycles. The normalized spacial score (nSPS) is 26.8. The third kappa shape index (κ3) is 2.67. The minimum atomic E-state index is 0.606. The van der Waals surface area contributed by atoms with Crippen molar-refractivity contribution in [2.45, 2.75) is 39.5 Å². The summed E-state index contributed by atoms with van der Waals surface area (Å²) < 4.78 is 0. The first-order chi connectivity index (χ1) is 9.17. The van der Waals surface area contributed by atoms with Crippen LogP contribution in [0.15, 0.2) is 6.07 Å². The Morgan fingerprint density at radius 3 is 2.47 bits per heavy atom. The molecule has 1 aromatic heterocycles. The zero-order chi connectivity index (χ0) is 13.4. The molecule has 0 spiro atoms. The molecular weight excluding hydrogens is 236 g/mol. The van der Waals surface area contributed by atoms with Gasteiger partial charge in [0.15, 0.2) is 0 Å². The Kier molecular flexibility index (Phi) is 3.33. The van der Waals surface area contributed by atoms with Crippen molar-refractivity contribution < 1.29 is 0 Å². The highest BCUT2D eigenvalue weighted by molar-refractivity contribution is 5.50. The van der Waals surface area contributed by atoms with E-state index in [1.807, 2.05) is 0 Å². The first-order valence-corrected chi connectivity index (χ1v) is 7.55. The zero-order valence-corrected chi connectivity index (χ0v) is 12.2. The van der Waals surface area contributed by atoms with Gasteiger partial charge in [0, 0.05) is 31.6 Å². The van der Waals surface area contributed by atoms with Crippen molar-refractivity contribution in [3.8, 4) is 0 Å². The predicted molar refractivity (Wildman–Crippen MR) is 78.7 cm³/mol. The Labute approximate surface area is 115 Å². The topological polar surface area (TPSA) is 41.0 Å². The third-order valence-corrected chi connectivity index (χ3v) is 4.34. The summed E-state index contributed by atoms with van der Waals surface area (Å²) in [6, 6.07) is 2.11. The molecule has 4 heteroatoms. The van der Waals surface area contributed by atoms with E-state index in [4.69, 9.17) is 4.98 Å². The summed E-state index contributed by atoms with van der Waals surface area (Å²) in [6.45, 7) is 9.92. The van der Waals surface area contributed by atoms with Gasteiger partial charge in [0.2, 0.25) is 0 Å². The molecule has 3 rings (SSSR count). The zero-order valence-electron chi connectivity index (χ0n) is 12.2. The van der Waals surface area contributed by atoms with Crippen LogP contribution in [0.25, 0.3) is 0 Å². The average molecular weight is 260 g/mol. The molecule has 4 nitrogen and oxygen atoms in total. The van der Waals surface area contributed by atoms with Crippen molar-refractivity contribution in [2.75, 3.05) is 29.9 Å². The number of aromatic nitrogens is 2. The predicted octanol–water partition coefficient (Wildman–Crippen LogP) is 2.88. The van der Waals surface area contributed by atoms with Crippen LogP contribution in [0.4, 0.5) is 11.6 Å². The molecule has 2 aliphatic rings. The molecule has 1 saturated heterocycles. The second kappa shape index (κ2) is 4.99. The largest absolute Gasteiger partial charge is 0.370 e. The van der Waals surface area contributed by atoms with Crippen LogP contribution in [0.2, 0.25) is 0 Å². The Bertz CT molecular complexity index is 445. The van der Waals surface area contributed by atoms with E-state index in [0.29, 0.717) is 5.92 Å². The number of nitrogens with one attached hydrogen (secondary N) is 1. The lowest BCUT2D eigenvalue weighted by Gasteiger charge is -2.19. The molecule has 1 aromatic rings. The summed E-state index contributed by atoms with van der Waals surface area (Å²) in [7, 11) is 0. The number of hydrogen-bond acceptors (Lipinski definition) is 4. The molecule has 104 valence electrons. The van der Waals surface area contributed by atoms with Crippen LogP contribution in [0.1, 0.15) is 45.4 Å². The minimum Gasteiger partial charge on any atom is -0.370 e. The maximum atomic E-state index is 4.80. The van der Waals surface area contributed by atoms with Crippen molar-refractivity contribution in [3.63, 3.8) is 0 Å². The first-order valence-electron chi connectivity index (χ1n) is 7.55. The van der Waals surface area contributed by atoms with Crippen LogP contribution in [0.3, 0.4) is 0 Å². The van der Waals surface area contributed by atoms with Gasteiger partial charge in [-0.3, -0.25) is 0 Å². The molecule has 2 unspecified atom stereocenters. The van der Waals surface area contributed by atoms with E-state index in [-0.39, 0.29) is 0 Å². The van der Waals surface area contributed by atoms with Gasteiger partial charge in [-0.15, -0.1) is 0 Å². The van der Waals surface area contributed by atoms with E-state index < -0.39 is 0 Å². The molecule has 2 atom stereocenters. The summed E-state index contributed by atoms with van der Waals surface area (Å²) in [4.78, 5) is 11.9. The number of rotatable bonds is 4. The standard InChI is InChI=1S/C15H24N4/c1-4-16-13-7-14(18-15(17-13)12-5-6-12)19-8-10(2)11(3)9-19/h7,10-12H,4-6,8-9H2,1-3H3,(H,16,17,18). The highest BCUT2D eigenvalue weighted by atomic mass is 15.2. The maximum absolute atomic E-state index is 4.80. The summed E-state index contributed by atoms with van der Waals surface area (Å²) in [5.41, 5.74) is 0. The molecule has 2 fully saturated rings. The molecule has 0 bridgehead atoms. The second-order valence-corrected chi connectivity index (χ2v) is 6.13. The van der Waals surface area contributed by atoms with Gasteiger partial charge in [-0.1, -0.05) is 13.8 Å². The minimum absolute atomic E-state index is 0.606. The third-order valence-electron chi connectivity index (χ3n) is 4.34. The van der Waals surface area contributed by atoms with Gasteiger partial charge < -0.3 is 10.2 Å². The smallest absolute Gasteiger partial charge is 0.136 e. The molecule has 0 amide bonds. The number of nitrogens with zero attached hydrogens (tertiary/aromatic N) is 3. The van der Waals surface area contributed by atoms with Crippen molar-refractivity contribution >= 4 is 11.6 Å². The molecule has 1 aliphatic heterocycles. The van der Waals surface area contributed by atoms with Crippen LogP contribution in [-0.2, 0) is 0 Å². The highest BCUT2D eigenvalue weighted by Crippen LogP contribution is 2.39. The van der Waals surface area contributed by atoms with Gasteiger partial charge >= 0.3 is 0 Å². The fraction of sp³-hybridized carbons (Fsp3) is 0.733. The van der Waals surface area contributed by atoms with E-state index in [9.17, 15) is 0 Å². The Hall–Kier alpha value is -1.32. The molecule has 2 heterocycles. The molecule has 0 radical (unpaired) electrons. The molecular formula is C15H24N4. The van der Waals surface area contributed by atoms with E-state index in [2.05, 4.69) is 42.0 Å². The van der Waals surface area contributed by atoms with Gasteiger partial charge in [-0.05, 0) is 31.6 Å². The Morgan fingerprint density at radius 2 is 1.89 bits per heavy atom. The van der Waals surface area contributed by atoms with Crippen molar-refractivity contribution in [1.82, 2.24) is 9.97 Å². The van der Waals surface area contributed by atoms with Crippen LogP contribution in [-0.4, -0.2) is 29.6 Å². The molecule has 1 N–H and O–H groups in total. The second-order valence-electron chi connectivity index (χ2n) is 6.13. The lowest BCUT2D eigenvalue weighted by atomic mass is 10.0. The fourth-order valence-electron chi connectivity index (χ4n) is 2.73. The Balaban J connectivity index is 1.87. The van der Waals surface area contributed by atoms with Gasteiger partial charge in [-0.2, -0.15) is 0 Å². The molecule has 1 saturated carbocycles. The molecule has 0 aromatic carbocycles. The summed E-state index contributed by atoms with van der Waals surface area (Å²) in [5.74, 6) is 5.25. The van der Waals surface area contributed by atoms with Gasteiger partial charge in [0.05, 0.1) is 0 Å².